The number of aryl methyl sites for hydroxylation is 2. The maximum atomic E-state index is 13.9. The fourth-order valence-corrected chi connectivity index (χ4v) is 5.56. The maximum Gasteiger partial charge on any atom is 0.417 e. The molecule has 2 aromatic heterocycles. The fraction of sp³-hybridized carbons (Fsp3) is 0.419. The van der Waals surface area contributed by atoms with Crippen LogP contribution in [-0.4, -0.2) is 22.1 Å². The summed E-state index contributed by atoms with van der Waals surface area (Å²) in [5.74, 6) is 0. The van der Waals surface area contributed by atoms with E-state index in [1.165, 1.54) is 0 Å². The number of rotatable bonds is 12. The van der Waals surface area contributed by atoms with Crippen molar-refractivity contribution in [3.8, 4) is 0 Å². The molecule has 2 heterocycles. The number of aromatic nitrogens is 2. The summed E-state index contributed by atoms with van der Waals surface area (Å²) in [6, 6.07) is 13.2. The van der Waals surface area contributed by atoms with E-state index >= 15 is 0 Å². The molecule has 0 unspecified atom stereocenters. The van der Waals surface area contributed by atoms with Gasteiger partial charge < -0.3 is 20.2 Å². The Kier molecular flexibility index (Phi) is 9.55. The van der Waals surface area contributed by atoms with Crippen molar-refractivity contribution < 1.29 is 18.0 Å². The standard InChI is InChI=1S/C31H37F3N4O2/c1-3-25-21(2)28-26(17-16-24-29(28)23(31(32,33)34)20-27(39)37-24)38(25)19-13-8-6-4-5-7-12-18-35-30(40)36-22-14-10-9-11-15-22/h9-11,14-17,20H,3-8,12-13,18-19H2,1-2H3,(H,37,39)(H2,35,36,40). The summed E-state index contributed by atoms with van der Waals surface area (Å²) < 4.78 is 43.9. The predicted octanol–water partition coefficient (Wildman–Crippen LogP) is 7.92. The first-order chi connectivity index (χ1) is 19.2. The molecule has 0 bridgehead atoms. The lowest BCUT2D eigenvalue weighted by Crippen LogP contribution is -2.29. The second-order valence-corrected chi connectivity index (χ2v) is 10.2. The van der Waals surface area contributed by atoms with Gasteiger partial charge in [0.2, 0.25) is 5.56 Å². The number of hydrogen-bond acceptors (Lipinski definition) is 2. The quantitative estimate of drug-likeness (QED) is 0.156. The van der Waals surface area contributed by atoms with Gasteiger partial charge in [0.1, 0.15) is 0 Å². The highest BCUT2D eigenvalue weighted by Crippen LogP contribution is 2.39. The van der Waals surface area contributed by atoms with Gasteiger partial charge in [-0.05, 0) is 56.0 Å². The predicted molar refractivity (Wildman–Crippen MR) is 155 cm³/mol. The number of H-pyrrole nitrogens is 1. The van der Waals surface area contributed by atoms with Gasteiger partial charge in [-0.1, -0.05) is 57.2 Å². The SMILES string of the molecule is CCc1c(C)c2c3c(C(F)(F)F)cc(=O)[nH]c3ccc2n1CCCCCCCCCNC(=O)Nc1ccccc1. The fourth-order valence-electron chi connectivity index (χ4n) is 5.56. The number of benzene rings is 2. The number of alkyl halides is 3. The van der Waals surface area contributed by atoms with Crippen molar-refractivity contribution in [3.63, 3.8) is 0 Å². The Morgan fingerprint density at radius 3 is 2.27 bits per heavy atom. The van der Waals surface area contributed by atoms with Gasteiger partial charge in [-0.3, -0.25) is 4.79 Å². The molecule has 0 aliphatic rings. The summed E-state index contributed by atoms with van der Waals surface area (Å²) in [5, 5.41) is 6.33. The normalized spacial score (nSPS) is 11.8. The molecule has 4 aromatic rings. The number of aromatic amines is 1. The monoisotopic (exact) mass is 554 g/mol. The van der Waals surface area contributed by atoms with E-state index in [1.807, 2.05) is 50.2 Å². The highest BCUT2D eigenvalue weighted by atomic mass is 19.4. The number of para-hydroxylation sites is 1. The average molecular weight is 555 g/mol. The molecule has 2 aromatic carbocycles. The molecule has 2 amide bonds. The number of pyridine rings is 1. The first-order valence-electron chi connectivity index (χ1n) is 14.1. The van der Waals surface area contributed by atoms with Crippen LogP contribution in [0.5, 0.6) is 0 Å². The molecule has 4 rings (SSSR count). The number of anilines is 1. The van der Waals surface area contributed by atoms with Gasteiger partial charge in [0.05, 0.1) is 5.56 Å². The first kappa shape index (κ1) is 29.2. The number of halogens is 3. The van der Waals surface area contributed by atoms with E-state index in [-0.39, 0.29) is 16.9 Å². The number of carbonyl (C=O) groups excluding carboxylic acids is 1. The Morgan fingerprint density at radius 2 is 1.60 bits per heavy atom. The molecule has 40 heavy (non-hydrogen) atoms. The Bertz CT molecular complexity index is 1510. The lowest BCUT2D eigenvalue weighted by atomic mass is 10.0. The molecule has 0 radical (unpaired) electrons. The molecular formula is C31H37F3N4O2. The van der Waals surface area contributed by atoms with Gasteiger partial charge in [-0.15, -0.1) is 0 Å². The molecule has 0 saturated carbocycles. The van der Waals surface area contributed by atoms with E-state index in [1.54, 1.807) is 6.07 Å². The summed E-state index contributed by atoms with van der Waals surface area (Å²) in [7, 11) is 0. The summed E-state index contributed by atoms with van der Waals surface area (Å²) in [6.07, 6.45) is 3.33. The summed E-state index contributed by atoms with van der Waals surface area (Å²) in [4.78, 5) is 26.4. The molecule has 0 aliphatic carbocycles. The van der Waals surface area contributed by atoms with Crippen LogP contribution in [-0.2, 0) is 19.1 Å². The molecule has 0 spiro atoms. The van der Waals surface area contributed by atoms with Crippen molar-refractivity contribution in [2.24, 2.45) is 0 Å². The maximum absolute atomic E-state index is 13.9. The van der Waals surface area contributed by atoms with E-state index in [0.717, 1.165) is 74.0 Å². The van der Waals surface area contributed by atoms with E-state index in [9.17, 15) is 22.8 Å². The van der Waals surface area contributed by atoms with Crippen LogP contribution < -0.4 is 16.2 Å². The third-order valence-corrected chi connectivity index (χ3v) is 7.43. The number of nitrogens with one attached hydrogen (secondary N) is 3. The minimum Gasteiger partial charge on any atom is -0.344 e. The summed E-state index contributed by atoms with van der Waals surface area (Å²) >= 11 is 0. The zero-order chi connectivity index (χ0) is 28.7. The molecule has 0 atom stereocenters. The van der Waals surface area contributed by atoms with E-state index in [0.29, 0.717) is 24.4 Å². The van der Waals surface area contributed by atoms with E-state index in [2.05, 4.69) is 20.2 Å². The molecule has 6 nitrogen and oxygen atoms in total. The zero-order valence-electron chi connectivity index (χ0n) is 23.1. The zero-order valence-corrected chi connectivity index (χ0v) is 23.1. The molecule has 0 saturated heterocycles. The third-order valence-electron chi connectivity index (χ3n) is 7.43. The van der Waals surface area contributed by atoms with Crippen LogP contribution in [0, 0.1) is 6.92 Å². The largest absolute Gasteiger partial charge is 0.417 e. The Labute approximate surface area is 232 Å². The van der Waals surface area contributed by atoms with Gasteiger partial charge in [0, 0.05) is 52.3 Å². The van der Waals surface area contributed by atoms with Crippen molar-refractivity contribution >= 4 is 33.5 Å². The number of carbonyl (C=O) groups is 1. The van der Waals surface area contributed by atoms with Crippen LogP contribution in [0.3, 0.4) is 0 Å². The number of nitrogens with zero attached hydrogens (tertiary/aromatic N) is 1. The number of amides is 2. The van der Waals surface area contributed by atoms with E-state index in [4.69, 9.17) is 0 Å². The highest BCUT2D eigenvalue weighted by Gasteiger charge is 2.34. The number of hydrogen-bond donors (Lipinski definition) is 3. The van der Waals surface area contributed by atoms with Crippen LogP contribution in [0.15, 0.2) is 53.3 Å². The van der Waals surface area contributed by atoms with Crippen LogP contribution in [0.25, 0.3) is 21.8 Å². The van der Waals surface area contributed by atoms with Crippen LogP contribution in [0.2, 0.25) is 0 Å². The van der Waals surface area contributed by atoms with Gasteiger partial charge in [0.15, 0.2) is 0 Å². The third kappa shape index (κ3) is 6.87. The van der Waals surface area contributed by atoms with Crippen LogP contribution in [0.1, 0.15) is 68.7 Å². The molecule has 3 N–H and O–H groups in total. The average Bonchev–Trinajstić information content (AvgIpc) is 3.19. The van der Waals surface area contributed by atoms with Crippen molar-refractivity contribution in [2.75, 3.05) is 11.9 Å². The Balaban J connectivity index is 1.28. The lowest BCUT2D eigenvalue weighted by Gasteiger charge is -2.12. The molecule has 214 valence electrons. The minimum atomic E-state index is -4.62. The second kappa shape index (κ2) is 13.1. The van der Waals surface area contributed by atoms with Crippen molar-refractivity contribution in [1.29, 1.82) is 0 Å². The van der Waals surface area contributed by atoms with Crippen molar-refractivity contribution in [2.45, 2.75) is 77.9 Å². The summed E-state index contributed by atoms with van der Waals surface area (Å²) in [6.45, 7) is 5.27. The second-order valence-electron chi connectivity index (χ2n) is 10.2. The van der Waals surface area contributed by atoms with Gasteiger partial charge in [-0.2, -0.15) is 13.2 Å². The van der Waals surface area contributed by atoms with Gasteiger partial charge >= 0.3 is 12.2 Å². The molecule has 0 fully saturated rings. The van der Waals surface area contributed by atoms with E-state index < -0.39 is 17.3 Å². The van der Waals surface area contributed by atoms with Crippen LogP contribution >= 0.6 is 0 Å². The van der Waals surface area contributed by atoms with Crippen molar-refractivity contribution in [1.82, 2.24) is 14.9 Å². The molecule has 9 heteroatoms. The van der Waals surface area contributed by atoms with Gasteiger partial charge in [-0.25, -0.2) is 4.79 Å². The number of urea groups is 1. The first-order valence-corrected chi connectivity index (χ1v) is 14.1. The Morgan fingerprint density at radius 1 is 0.925 bits per heavy atom. The van der Waals surface area contributed by atoms with Crippen LogP contribution in [0.4, 0.5) is 23.7 Å². The minimum absolute atomic E-state index is 0.0718. The van der Waals surface area contributed by atoms with Crippen molar-refractivity contribution in [3.05, 3.63) is 75.7 Å². The Hall–Kier alpha value is -3.75. The smallest absolute Gasteiger partial charge is 0.344 e. The number of unbranched alkanes of at least 4 members (excludes halogenated alkanes) is 6. The molecular weight excluding hydrogens is 517 g/mol. The molecule has 0 aliphatic heterocycles. The topological polar surface area (TPSA) is 78.9 Å². The van der Waals surface area contributed by atoms with Gasteiger partial charge in [0.25, 0.3) is 0 Å². The summed E-state index contributed by atoms with van der Waals surface area (Å²) in [5.41, 5.74) is 2.00. The highest BCUT2D eigenvalue weighted by molar-refractivity contribution is 6.09. The lowest BCUT2D eigenvalue weighted by molar-refractivity contribution is -0.136. The number of fused-ring (bicyclic) bond motifs is 3.